The average molecular weight is 192 g/mol. The molecule has 0 unspecified atom stereocenters. The molecule has 5 nitrogen and oxygen atoms in total. The van der Waals surface area contributed by atoms with E-state index in [4.69, 9.17) is 0 Å². The second-order valence-corrected chi connectivity index (χ2v) is 4.23. The maximum Gasteiger partial charge on any atom is 0.243 e. The van der Waals surface area contributed by atoms with E-state index in [0.717, 1.165) is 6.26 Å². The molecule has 0 aromatic carbocycles. The summed E-state index contributed by atoms with van der Waals surface area (Å²) < 4.78 is 22.8. The zero-order valence-corrected chi connectivity index (χ0v) is 8.25. The molecular formula is C6H14N3O2S+. The van der Waals surface area contributed by atoms with Crippen LogP contribution in [0.4, 0.5) is 0 Å². The number of nitrogens with two attached hydrogens (primary N) is 1. The van der Waals surface area contributed by atoms with Crippen molar-refractivity contribution in [1.29, 1.82) is 0 Å². The van der Waals surface area contributed by atoms with Gasteiger partial charge in [-0.05, 0) is 0 Å². The van der Waals surface area contributed by atoms with Crippen molar-refractivity contribution in [2.24, 2.45) is 19.2 Å². The zero-order chi connectivity index (χ0) is 9.78. The third kappa shape index (κ3) is 9.12. The highest BCUT2D eigenvalue weighted by atomic mass is 32.2. The molecule has 2 N–H and O–H groups in total. The lowest BCUT2D eigenvalue weighted by Crippen LogP contribution is -2.23. The molecule has 0 saturated carbocycles. The third-order valence-electron chi connectivity index (χ3n) is 0.901. The molecule has 0 atom stereocenters. The van der Waals surface area contributed by atoms with E-state index in [-0.39, 0.29) is 0 Å². The number of rotatable bonds is 0. The van der Waals surface area contributed by atoms with E-state index in [1.54, 1.807) is 0 Å². The first-order chi connectivity index (χ1) is 5.29. The largest absolute Gasteiger partial charge is 0.243 e. The van der Waals surface area contributed by atoms with Gasteiger partial charge in [-0.1, -0.05) is 0 Å². The normalized spacial score (nSPS) is 10.3. The Morgan fingerprint density at radius 1 is 1.50 bits per heavy atom. The third-order valence-corrected chi connectivity index (χ3v) is 0.901. The summed E-state index contributed by atoms with van der Waals surface area (Å²) in [5.74, 6) is 0. The number of hydrogen-bond donors (Lipinski definition) is 1. The molecule has 1 heterocycles. The Morgan fingerprint density at radius 2 is 1.92 bits per heavy atom. The smallest absolute Gasteiger partial charge is 0.240 e. The van der Waals surface area contributed by atoms with Gasteiger partial charge < -0.3 is 0 Å². The molecule has 0 bridgehead atoms. The average Bonchev–Trinajstić information content (AvgIpc) is 2.09. The summed E-state index contributed by atoms with van der Waals surface area (Å²) in [5, 5.41) is 4.33. The Kier molecular flexibility index (Phi) is 3.91. The second kappa shape index (κ2) is 4.22. The summed E-state index contributed by atoms with van der Waals surface area (Å²) in [6.45, 7) is 0. The maximum absolute atomic E-state index is 9.41. The first-order valence-electron chi connectivity index (χ1n) is 3.24. The fraction of sp³-hybridized carbons (Fsp3) is 0.500. The molecule has 1 aromatic heterocycles. The van der Waals surface area contributed by atoms with Crippen molar-refractivity contribution in [1.82, 2.24) is 4.57 Å². The Labute approximate surface area is 72.5 Å². The second-order valence-electron chi connectivity index (χ2n) is 2.57. The predicted octanol–water partition coefficient (Wildman–Crippen LogP) is -1.25. The van der Waals surface area contributed by atoms with Gasteiger partial charge in [0.2, 0.25) is 16.4 Å². The molecule has 6 heteroatoms. The Bertz CT molecular complexity index is 304. The van der Waals surface area contributed by atoms with E-state index in [1.807, 2.05) is 42.0 Å². The van der Waals surface area contributed by atoms with Crippen molar-refractivity contribution < 1.29 is 13.0 Å². The van der Waals surface area contributed by atoms with Crippen molar-refractivity contribution in [3.8, 4) is 0 Å². The molecule has 0 amide bonds. The minimum atomic E-state index is -3.17. The number of aryl methyl sites for hydroxylation is 2. The van der Waals surface area contributed by atoms with Gasteiger partial charge in [-0.15, -0.1) is 0 Å². The minimum Gasteiger partial charge on any atom is -0.240 e. The van der Waals surface area contributed by atoms with E-state index < -0.39 is 10.0 Å². The van der Waals surface area contributed by atoms with E-state index in [2.05, 4.69) is 5.14 Å². The molecule has 0 fully saturated rings. The van der Waals surface area contributed by atoms with Crippen LogP contribution in [0.2, 0.25) is 0 Å². The van der Waals surface area contributed by atoms with E-state index in [0.29, 0.717) is 0 Å². The monoisotopic (exact) mass is 192 g/mol. The lowest BCUT2D eigenvalue weighted by molar-refractivity contribution is -0.670. The number of hydrogen-bond acceptors (Lipinski definition) is 2. The predicted molar refractivity (Wildman–Crippen MR) is 45.6 cm³/mol. The van der Waals surface area contributed by atoms with Gasteiger partial charge >= 0.3 is 0 Å². The first kappa shape index (κ1) is 11.1. The summed E-state index contributed by atoms with van der Waals surface area (Å²) in [5.41, 5.74) is 0. The molecule has 0 saturated heterocycles. The molecule has 0 aliphatic carbocycles. The molecule has 70 valence electrons. The number of nitrogens with zero attached hydrogens (tertiary/aromatic N) is 2. The SMILES string of the molecule is CS(N)(=O)=O.Cn1cc[n+](C)c1. The van der Waals surface area contributed by atoms with Crippen LogP contribution < -0.4 is 9.71 Å². The molecule has 12 heavy (non-hydrogen) atoms. The molecule has 1 aromatic rings. The Hall–Kier alpha value is -0.880. The standard InChI is InChI=1S/C5H9N2.CH5NO2S/c1-6-3-4-7(2)5-6;1-5(2,3)4/h3-5H,1-2H3;1H3,(H2,2,3,4)/q+1;. The fourth-order valence-corrected chi connectivity index (χ4v) is 0.575. The number of imidazole rings is 1. The molecule has 0 radical (unpaired) electrons. The molecular weight excluding hydrogens is 178 g/mol. The lowest BCUT2D eigenvalue weighted by Gasteiger charge is -1.72. The van der Waals surface area contributed by atoms with Crippen molar-refractivity contribution >= 4 is 10.0 Å². The Morgan fingerprint density at radius 3 is 2.00 bits per heavy atom. The van der Waals surface area contributed by atoms with Crippen LogP contribution in [0.1, 0.15) is 0 Å². The van der Waals surface area contributed by atoms with Gasteiger partial charge in [-0.2, -0.15) is 0 Å². The number of sulfonamides is 1. The summed E-state index contributed by atoms with van der Waals surface area (Å²) in [6.07, 6.45) is 6.94. The highest BCUT2D eigenvalue weighted by Gasteiger charge is 1.87. The van der Waals surface area contributed by atoms with Gasteiger partial charge in [0.25, 0.3) is 0 Å². The quantitative estimate of drug-likeness (QED) is 0.522. The van der Waals surface area contributed by atoms with E-state index in [9.17, 15) is 8.42 Å². The van der Waals surface area contributed by atoms with E-state index >= 15 is 0 Å². The molecule has 1 rings (SSSR count). The maximum atomic E-state index is 9.41. The molecule has 0 aliphatic heterocycles. The highest BCUT2D eigenvalue weighted by molar-refractivity contribution is 7.88. The lowest BCUT2D eigenvalue weighted by atomic mass is 10.9. The van der Waals surface area contributed by atoms with Gasteiger partial charge in [0.05, 0.1) is 20.4 Å². The van der Waals surface area contributed by atoms with Crippen LogP contribution in [0, 0.1) is 0 Å². The molecule has 0 spiro atoms. The highest BCUT2D eigenvalue weighted by Crippen LogP contribution is 1.70. The molecule has 0 aliphatic rings. The van der Waals surface area contributed by atoms with Gasteiger partial charge in [0, 0.05) is 0 Å². The van der Waals surface area contributed by atoms with Crippen LogP contribution >= 0.6 is 0 Å². The van der Waals surface area contributed by atoms with Gasteiger partial charge in [-0.25, -0.2) is 22.7 Å². The number of primary sulfonamides is 1. The van der Waals surface area contributed by atoms with Crippen molar-refractivity contribution in [2.45, 2.75) is 0 Å². The minimum absolute atomic E-state index is 0.938. The van der Waals surface area contributed by atoms with Crippen molar-refractivity contribution in [2.75, 3.05) is 6.26 Å². The van der Waals surface area contributed by atoms with E-state index in [1.165, 1.54) is 0 Å². The van der Waals surface area contributed by atoms with Crippen LogP contribution in [0.3, 0.4) is 0 Å². The number of aromatic nitrogens is 2. The van der Waals surface area contributed by atoms with Crippen molar-refractivity contribution in [3.05, 3.63) is 18.7 Å². The van der Waals surface area contributed by atoms with Crippen LogP contribution in [-0.2, 0) is 24.1 Å². The van der Waals surface area contributed by atoms with Gasteiger partial charge in [0.15, 0.2) is 0 Å². The Balaban J connectivity index is 0.000000217. The summed E-state index contributed by atoms with van der Waals surface area (Å²) in [4.78, 5) is 0. The van der Waals surface area contributed by atoms with Crippen LogP contribution in [-0.4, -0.2) is 19.2 Å². The van der Waals surface area contributed by atoms with Gasteiger partial charge in [-0.3, -0.25) is 0 Å². The van der Waals surface area contributed by atoms with Gasteiger partial charge in [0.1, 0.15) is 12.4 Å². The summed E-state index contributed by atoms with van der Waals surface area (Å²) in [6, 6.07) is 0. The van der Waals surface area contributed by atoms with Crippen molar-refractivity contribution in [3.63, 3.8) is 0 Å². The van der Waals surface area contributed by atoms with Crippen LogP contribution in [0.15, 0.2) is 18.7 Å². The van der Waals surface area contributed by atoms with Crippen LogP contribution in [0.25, 0.3) is 0 Å². The van der Waals surface area contributed by atoms with Crippen LogP contribution in [0.5, 0.6) is 0 Å². The summed E-state index contributed by atoms with van der Waals surface area (Å²) in [7, 11) is 0.833. The first-order valence-corrected chi connectivity index (χ1v) is 5.19. The topological polar surface area (TPSA) is 69.0 Å². The fourth-order valence-electron chi connectivity index (χ4n) is 0.575. The zero-order valence-electron chi connectivity index (χ0n) is 7.43. The summed E-state index contributed by atoms with van der Waals surface area (Å²) >= 11 is 0.